The van der Waals surface area contributed by atoms with E-state index in [1.807, 2.05) is 40.9 Å². The molecule has 0 saturated carbocycles. The molecule has 0 radical (unpaired) electrons. The Hall–Kier alpha value is -2.91. The highest BCUT2D eigenvalue weighted by atomic mass is 35.5. The zero-order chi connectivity index (χ0) is 22.0. The van der Waals surface area contributed by atoms with Crippen molar-refractivity contribution in [3.63, 3.8) is 0 Å². The zero-order valence-electron chi connectivity index (χ0n) is 17.3. The standard InChI is InChI=1S/C21H23ClN6O2S/c1-13-4-3-5-16(22)19(13)25-20(30)17-10-23-21(31-17)24-18-7-9-28(26-18)12-15-6-8-27(11-15)14(2)29/h3-5,7,9-10,15H,6,8,11-12H2,1-2H3,(H,25,30)(H,23,24,26). The summed E-state index contributed by atoms with van der Waals surface area (Å²) in [5, 5.41) is 11.6. The van der Waals surface area contributed by atoms with Gasteiger partial charge < -0.3 is 15.5 Å². The summed E-state index contributed by atoms with van der Waals surface area (Å²) in [7, 11) is 0. The number of hydrogen-bond donors (Lipinski definition) is 2. The van der Waals surface area contributed by atoms with Crippen molar-refractivity contribution in [2.24, 2.45) is 5.92 Å². The number of hydrogen-bond acceptors (Lipinski definition) is 6. The van der Waals surface area contributed by atoms with Gasteiger partial charge >= 0.3 is 0 Å². The molecule has 1 fully saturated rings. The van der Waals surface area contributed by atoms with Crippen LogP contribution >= 0.6 is 22.9 Å². The lowest BCUT2D eigenvalue weighted by Crippen LogP contribution is -2.26. The van der Waals surface area contributed by atoms with Crippen molar-refractivity contribution in [3.8, 4) is 0 Å². The molecule has 2 amide bonds. The SMILES string of the molecule is CC(=O)N1CCC(Cn2ccc(Nc3ncc(C(=O)Nc4c(C)cccc4Cl)s3)n2)C1. The summed E-state index contributed by atoms with van der Waals surface area (Å²) in [6, 6.07) is 7.34. The van der Waals surface area contributed by atoms with E-state index in [4.69, 9.17) is 11.6 Å². The minimum Gasteiger partial charge on any atom is -0.343 e. The van der Waals surface area contributed by atoms with Gasteiger partial charge in [0.1, 0.15) is 4.88 Å². The summed E-state index contributed by atoms with van der Waals surface area (Å²) >= 11 is 7.43. The van der Waals surface area contributed by atoms with Gasteiger partial charge in [0, 0.05) is 38.8 Å². The van der Waals surface area contributed by atoms with Crippen molar-refractivity contribution in [2.45, 2.75) is 26.8 Å². The summed E-state index contributed by atoms with van der Waals surface area (Å²) in [6.45, 7) is 5.84. The van der Waals surface area contributed by atoms with Crippen LogP contribution in [0, 0.1) is 12.8 Å². The highest BCUT2D eigenvalue weighted by Crippen LogP contribution is 2.28. The lowest BCUT2D eigenvalue weighted by molar-refractivity contribution is -0.127. The first-order valence-corrected chi connectivity index (χ1v) is 11.2. The van der Waals surface area contributed by atoms with Crippen molar-refractivity contribution >= 4 is 51.4 Å². The van der Waals surface area contributed by atoms with Crippen LogP contribution in [0.1, 0.15) is 28.6 Å². The van der Waals surface area contributed by atoms with Gasteiger partial charge in [-0.2, -0.15) is 5.10 Å². The van der Waals surface area contributed by atoms with Crippen molar-refractivity contribution in [3.05, 3.63) is 52.1 Å². The summed E-state index contributed by atoms with van der Waals surface area (Å²) in [6.07, 6.45) is 4.42. The maximum absolute atomic E-state index is 12.6. The Morgan fingerprint density at radius 2 is 2.16 bits per heavy atom. The van der Waals surface area contributed by atoms with Crippen molar-refractivity contribution in [1.29, 1.82) is 0 Å². The van der Waals surface area contributed by atoms with Gasteiger partial charge in [-0.3, -0.25) is 14.3 Å². The molecule has 2 N–H and O–H groups in total. The van der Waals surface area contributed by atoms with Gasteiger partial charge in [0.05, 0.1) is 16.9 Å². The van der Waals surface area contributed by atoms with Gasteiger partial charge in [0.2, 0.25) is 5.91 Å². The fraction of sp³-hybridized carbons (Fsp3) is 0.333. The van der Waals surface area contributed by atoms with Crippen LogP contribution in [-0.4, -0.2) is 44.6 Å². The monoisotopic (exact) mass is 458 g/mol. The second-order valence-corrected chi connectivity index (χ2v) is 9.02. The Kier molecular flexibility index (Phi) is 6.24. The molecular formula is C21H23ClN6O2S. The summed E-state index contributed by atoms with van der Waals surface area (Å²) in [5.74, 6) is 0.923. The number of nitrogens with one attached hydrogen (secondary N) is 2. The minimum absolute atomic E-state index is 0.124. The van der Waals surface area contributed by atoms with E-state index in [9.17, 15) is 9.59 Å². The van der Waals surface area contributed by atoms with Gasteiger partial charge in [0.15, 0.2) is 10.9 Å². The third kappa shape index (κ3) is 5.05. The molecular weight excluding hydrogens is 436 g/mol. The molecule has 0 bridgehead atoms. The van der Waals surface area contributed by atoms with E-state index in [0.717, 1.165) is 31.6 Å². The summed E-state index contributed by atoms with van der Waals surface area (Å²) in [5.41, 5.74) is 1.49. The Labute approximate surface area is 189 Å². The molecule has 2 aromatic heterocycles. The molecule has 0 spiro atoms. The lowest BCUT2D eigenvalue weighted by Gasteiger charge is -2.13. The Morgan fingerprint density at radius 3 is 2.90 bits per heavy atom. The van der Waals surface area contributed by atoms with Crippen LogP contribution < -0.4 is 10.6 Å². The van der Waals surface area contributed by atoms with Gasteiger partial charge in [-0.1, -0.05) is 35.1 Å². The number of rotatable bonds is 6. The Balaban J connectivity index is 1.35. The van der Waals surface area contributed by atoms with Crippen LogP contribution in [0.25, 0.3) is 0 Å². The van der Waals surface area contributed by atoms with Crippen molar-refractivity contribution < 1.29 is 9.59 Å². The molecule has 1 atom stereocenters. The van der Waals surface area contributed by atoms with Crippen LogP contribution in [0.15, 0.2) is 36.7 Å². The van der Waals surface area contributed by atoms with Crippen molar-refractivity contribution in [2.75, 3.05) is 23.7 Å². The number of anilines is 3. The van der Waals surface area contributed by atoms with Crippen LogP contribution in [0.5, 0.6) is 0 Å². The van der Waals surface area contributed by atoms with E-state index in [1.54, 1.807) is 13.0 Å². The molecule has 3 heterocycles. The van der Waals surface area contributed by atoms with E-state index < -0.39 is 0 Å². The largest absolute Gasteiger partial charge is 0.343 e. The van der Waals surface area contributed by atoms with Crippen LogP contribution in [0.4, 0.5) is 16.6 Å². The van der Waals surface area contributed by atoms with E-state index >= 15 is 0 Å². The highest BCUT2D eigenvalue weighted by molar-refractivity contribution is 7.17. The molecule has 4 rings (SSSR count). The van der Waals surface area contributed by atoms with Crippen LogP contribution in [-0.2, 0) is 11.3 Å². The molecule has 3 aromatic rings. The molecule has 31 heavy (non-hydrogen) atoms. The molecule has 10 heteroatoms. The average molecular weight is 459 g/mol. The first kappa shape index (κ1) is 21.3. The van der Waals surface area contributed by atoms with E-state index in [-0.39, 0.29) is 11.8 Å². The summed E-state index contributed by atoms with van der Waals surface area (Å²) in [4.78, 5) is 30.7. The normalized spacial score (nSPS) is 15.8. The quantitative estimate of drug-likeness (QED) is 0.578. The third-order valence-electron chi connectivity index (χ3n) is 5.24. The number of carbonyl (C=O) groups is 2. The van der Waals surface area contributed by atoms with Crippen LogP contribution in [0.3, 0.4) is 0 Å². The number of likely N-dealkylation sites (tertiary alicyclic amines) is 1. The smallest absolute Gasteiger partial charge is 0.267 e. The number of halogens is 1. The van der Waals surface area contributed by atoms with E-state index in [0.29, 0.717) is 32.5 Å². The maximum atomic E-state index is 12.6. The van der Waals surface area contributed by atoms with Crippen LogP contribution in [0.2, 0.25) is 5.02 Å². The number of carbonyl (C=O) groups excluding carboxylic acids is 2. The first-order valence-electron chi connectivity index (χ1n) is 9.97. The molecule has 1 aromatic carbocycles. The number of benzene rings is 1. The average Bonchev–Trinajstić information content (AvgIpc) is 3.47. The topological polar surface area (TPSA) is 92.2 Å². The predicted molar refractivity (Wildman–Crippen MR) is 122 cm³/mol. The fourth-order valence-electron chi connectivity index (χ4n) is 3.57. The minimum atomic E-state index is -0.261. The molecule has 162 valence electrons. The fourth-order valence-corrected chi connectivity index (χ4v) is 4.56. The molecule has 8 nitrogen and oxygen atoms in total. The number of thiazole rings is 1. The van der Waals surface area contributed by atoms with Gasteiger partial charge in [0.25, 0.3) is 5.91 Å². The molecule has 1 aliphatic rings. The molecule has 1 saturated heterocycles. The van der Waals surface area contributed by atoms with Gasteiger partial charge in [-0.25, -0.2) is 4.98 Å². The molecule has 1 aliphatic heterocycles. The Morgan fingerprint density at radius 1 is 1.32 bits per heavy atom. The van der Waals surface area contributed by atoms with Crippen molar-refractivity contribution in [1.82, 2.24) is 19.7 Å². The second-order valence-electron chi connectivity index (χ2n) is 7.58. The molecule has 0 aliphatic carbocycles. The third-order valence-corrected chi connectivity index (χ3v) is 6.47. The zero-order valence-corrected chi connectivity index (χ0v) is 18.8. The van der Waals surface area contributed by atoms with Gasteiger partial charge in [-0.15, -0.1) is 0 Å². The number of aryl methyl sites for hydroxylation is 1. The number of amides is 2. The Bertz CT molecular complexity index is 1090. The highest BCUT2D eigenvalue weighted by Gasteiger charge is 2.24. The number of aromatic nitrogens is 3. The molecule has 1 unspecified atom stereocenters. The van der Waals surface area contributed by atoms with Gasteiger partial charge in [-0.05, 0) is 30.9 Å². The number of para-hydroxylation sites is 1. The lowest BCUT2D eigenvalue weighted by atomic mass is 10.1. The van der Waals surface area contributed by atoms with E-state index in [1.165, 1.54) is 17.5 Å². The second kappa shape index (κ2) is 9.07. The maximum Gasteiger partial charge on any atom is 0.267 e. The first-order chi connectivity index (χ1) is 14.9. The van der Waals surface area contributed by atoms with E-state index in [2.05, 4.69) is 20.7 Å². The predicted octanol–water partition coefficient (Wildman–Crippen LogP) is 4.17. The number of nitrogens with zero attached hydrogens (tertiary/aromatic N) is 4. The summed E-state index contributed by atoms with van der Waals surface area (Å²) < 4.78 is 1.87.